The molecule has 1 unspecified atom stereocenters. The normalized spacial score (nSPS) is 17.6. The molecule has 33 heavy (non-hydrogen) atoms. The summed E-state index contributed by atoms with van der Waals surface area (Å²) in [6.07, 6.45) is 7.94. The van der Waals surface area contributed by atoms with Gasteiger partial charge in [0.15, 0.2) is 0 Å². The van der Waals surface area contributed by atoms with Gasteiger partial charge in [0, 0.05) is 31.3 Å². The highest BCUT2D eigenvalue weighted by molar-refractivity contribution is 5.51. The van der Waals surface area contributed by atoms with Gasteiger partial charge in [0.05, 0.1) is 25.7 Å². The van der Waals surface area contributed by atoms with E-state index < -0.39 is 0 Å². The Kier molecular flexibility index (Phi) is 7.33. The summed E-state index contributed by atoms with van der Waals surface area (Å²) in [6.45, 7) is 9.62. The van der Waals surface area contributed by atoms with Crippen LogP contribution in [-0.2, 0) is 13.6 Å². The van der Waals surface area contributed by atoms with Crippen LogP contribution in [0.5, 0.6) is 0 Å². The first-order chi connectivity index (χ1) is 15.3. The number of pyridine rings is 1. The number of halogens is 1. The van der Waals surface area contributed by atoms with Gasteiger partial charge >= 0.3 is 5.69 Å². The maximum atomic E-state index is 12.8. The summed E-state index contributed by atoms with van der Waals surface area (Å²) >= 11 is 0. The third-order valence-corrected chi connectivity index (χ3v) is 5.93. The molecule has 0 aromatic carbocycles. The van der Waals surface area contributed by atoms with E-state index >= 15 is 0 Å². The van der Waals surface area contributed by atoms with Crippen molar-refractivity contribution in [1.82, 2.24) is 24.0 Å². The van der Waals surface area contributed by atoms with Gasteiger partial charge in [0.25, 0.3) is 11.3 Å². The first kappa shape index (κ1) is 24.6. The molecule has 0 aliphatic carbocycles. The Morgan fingerprint density at radius 2 is 2.12 bits per heavy atom. The molecule has 4 heterocycles. The van der Waals surface area contributed by atoms with Crippen LogP contribution in [0.3, 0.4) is 0 Å². The molecule has 0 bridgehead atoms. The maximum Gasteiger partial charge on any atom is 0.386 e. The van der Waals surface area contributed by atoms with E-state index in [-0.39, 0.29) is 23.5 Å². The maximum absolute atomic E-state index is 12.8. The molecule has 1 fully saturated rings. The second-order valence-corrected chi connectivity index (χ2v) is 9.85. The zero-order valence-corrected chi connectivity index (χ0v) is 20.4. The lowest BCUT2D eigenvalue weighted by atomic mass is 9.97. The molecular weight excluding hydrogens is 438 g/mol. The average molecular weight is 469 g/mol. The molecule has 2 aromatic rings. The molecule has 1 saturated heterocycles. The van der Waals surface area contributed by atoms with Gasteiger partial charge in [-0.25, -0.2) is 14.3 Å². The SMILES string of the molecule is Cn1c2c(n(CC(C)(C)C)c1=O)=CC=C(N1CCCC(CNc3ncccc3C#N)C1)[N+]=2.[Cl-]. The molecular formula is C24H31ClN7O. The van der Waals surface area contributed by atoms with Crippen molar-refractivity contribution in [2.75, 3.05) is 25.0 Å². The molecule has 2 aromatic heterocycles. The van der Waals surface area contributed by atoms with Crippen LogP contribution in [0.2, 0.25) is 0 Å². The lowest BCUT2D eigenvalue weighted by Crippen LogP contribution is -3.00. The zero-order valence-electron chi connectivity index (χ0n) is 19.7. The van der Waals surface area contributed by atoms with Crippen LogP contribution in [0.1, 0.15) is 39.2 Å². The van der Waals surface area contributed by atoms with Crippen molar-refractivity contribution in [3.8, 4) is 6.07 Å². The summed E-state index contributed by atoms with van der Waals surface area (Å²) in [4.78, 5) is 24.3. The number of nitrogens with zero attached hydrogens (tertiary/aromatic N) is 6. The summed E-state index contributed by atoms with van der Waals surface area (Å²) in [5.74, 6) is 1.97. The number of nitriles is 1. The molecule has 1 atom stereocenters. The third kappa shape index (κ3) is 5.31. The fraction of sp³-hybridized carbons (Fsp3) is 0.500. The van der Waals surface area contributed by atoms with E-state index in [1.807, 2.05) is 16.7 Å². The predicted octanol–water partition coefficient (Wildman–Crippen LogP) is -2.08. The predicted molar refractivity (Wildman–Crippen MR) is 124 cm³/mol. The third-order valence-electron chi connectivity index (χ3n) is 5.93. The largest absolute Gasteiger partial charge is 1.00 e. The fourth-order valence-corrected chi connectivity index (χ4v) is 4.38. The number of anilines is 1. The Morgan fingerprint density at radius 3 is 2.85 bits per heavy atom. The Morgan fingerprint density at radius 1 is 1.33 bits per heavy atom. The monoisotopic (exact) mass is 468 g/mol. The lowest BCUT2D eigenvalue weighted by Gasteiger charge is -2.30. The van der Waals surface area contributed by atoms with Gasteiger partial charge < -0.3 is 17.7 Å². The quantitative estimate of drug-likeness (QED) is 0.543. The van der Waals surface area contributed by atoms with Gasteiger partial charge in [-0.1, -0.05) is 25.8 Å². The van der Waals surface area contributed by atoms with Crippen LogP contribution >= 0.6 is 0 Å². The van der Waals surface area contributed by atoms with Gasteiger partial charge in [0.2, 0.25) is 0 Å². The molecule has 4 rings (SSSR count). The minimum atomic E-state index is -0.0241. The molecule has 1 radical (unpaired) electrons. The smallest absolute Gasteiger partial charge is 0.386 e. The number of hydrogen-bond donors (Lipinski definition) is 1. The number of imidazole rings is 1. The van der Waals surface area contributed by atoms with Crippen molar-refractivity contribution in [2.45, 2.75) is 40.2 Å². The van der Waals surface area contributed by atoms with E-state index in [9.17, 15) is 10.1 Å². The molecule has 2 aliphatic heterocycles. The Bertz CT molecular complexity index is 1260. The number of piperidine rings is 1. The van der Waals surface area contributed by atoms with E-state index in [2.05, 4.69) is 42.0 Å². The lowest BCUT2D eigenvalue weighted by molar-refractivity contribution is -0.00000781. The van der Waals surface area contributed by atoms with Gasteiger partial charge in [-0.2, -0.15) is 5.26 Å². The minimum Gasteiger partial charge on any atom is -1.00 e. The van der Waals surface area contributed by atoms with E-state index in [0.29, 0.717) is 23.8 Å². The molecule has 175 valence electrons. The van der Waals surface area contributed by atoms with Gasteiger partial charge in [-0.15, -0.1) is 0 Å². The minimum absolute atomic E-state index is 0. The standard InChI is InChI=1S/C24H31N7O.ClH/c1-24(2,3)16-31-19-9-10-20(28-22(19)29(4)23(31)32)30-12-6-7-17(15-30)14-27-21-18(13-25)8-5-11-26-21;/h5,8-11,17H,6-7,12,14-16H2,1-4H3,(H,26,27);1H/q+1;/p-1. The van der Waals surface area contributed by atoms with Crippen LogP contribution < -0.4 is 39.2 Å². The highest BCUT2D eigenvalue weighted by atomic mass is 35.5. The summed E-state index contributed by atoms with van der Waals surface area (Å²) < 4.78 is 3.48. The first-order valence-corrected chi connectivity index (χ1v) is 11.2. The van der Waals surface area contributed by atoms with Crippen LogP contribution in [-0.4, -0.2) is 38.7 Å². The molecule has 8 nitrogen and oxygen atoms in total. The van der Waals surface area contributed by atoms with Crippen molar-refractivity contribution in [1.29, 1.82) is 5.26 Å². The van der Waals surface area contributed by atoms with Gasteiger partial charge in [-0.3, -0.25) is 9.47 Å². The highest BCUT2D eigenvalue weighted by Gasteiger charge is 2.28. The fourth-order valence-electron chi connectivity index (χ4n) is 4.38. The van der Waals surface area contributed by atoms with Crippen LogP contribution in [0, 0.1) is 22.7 Å². The molecule has 0 amide bonds. The van der Waals surface area contributed by atoms with E-state index in [1.54, 1.807) is 29.9 Å². The summed E-state index contributed by atoms with van der Waals surface area (Å²) in [7, 11) is 1.79. The molecule has 0 spiro atoms. The molecule has 0 saturated carbocycles. The Hall–Kier alpha value is -3.05. The number of fused-ring (bicyclic) bond motifs is 1. The highest BCUT2D eigenvalue weighted by Crippen LogP contribution is 2.21. The van der Waals surface area contributed by atoms with Crippen molar-refractivity contribution >= 4 is 11.9 Å². The van der Waals surface area contributed by atoms with E-state index in [4.69, 9.17) is 4.99 Å². The first-order valence-electron chi connectivity index (χ1n) is 11.2. The zero-order chi connectivity index (χ0) is 22.9. The van der Waals surface area contributed by atoms with Gasteiger partial charge in [0.1, 0.15) is 17.2 Å². The Labute approximate surface area is 200 Å². The molecule has 9 heteroatoms. The van der Waals surface area contributed by atoms with Crippen molar-refractivity contribution in [3.63, 3.8) is 0 Å². The Balaban J connectivity index is 0.00000306. The van der Waals surface area contributed by atoms with Crippen LogP contribution in [0.15, 0.2) is 35.0 Å². The van der Waals surface area contributed by atoms with Crippen molar-refractivity contribution in [3.05, 3.63) is 57.1 Å². The average Bonchev–Trinajstić information content (AvgIpc) is 3.01. The number of aromatic nitrogens is 3. The van der Waals surface area contributed by atoms with E-state index in [1.165, 1.54) is 0 Å². The molecule has 1 N–H and O–H groups in total. The molecule has 2 aliphatic rings. The summed E-state index contributed by atoms with van der Waals surface area (Å²) in [6, 6.07) is 5.73. The second kappa shape index (κ2) is 9.84. The summed E-state index contributed by atoms with van der Waals surface area (Å²) in [5.41, 5.74) is 1.27. The number of rotatable bonds is 5. The number of hydrogen-bond acceptors (Lipinski definition) is 6. The van der Waals surface area contributed by atoms with Crippen molar-refractivity contribution in [2.24, 2.45) is 18.4 Å². The van der Waals surface area contributed by atoms with Gasteiger partial charge in [-0.05, 0) is 36.5 Å². The summed E-state index contributed by atoms with van der Waals surface area (Å²) in [5, 5.41) is 13.5. The number of nitrogens with one attached hydrogen (secondary N) is 1. The van der Waals surface area contributed by atoms with Crippen molar-refractivity contribution < 1.29 is 12.4 Å². The van der Waals surface area contributed by atoms with Crippen LogP contribution in [0.25, 0.3) is 6.08 Å². The van der Waals surface area contributed by atoms with E-state index in [0.717, 1.165) is 49.1 Å². The second-order valence-electron chi connectivity index (χ2n) is 9.85. The number of likely N-dealkylation sites (tertiary alicyclic amines) is 1. The number of allylic oxidation sites excluding steroid dienone is 1. The topological polar surface area (TPSA) is 93.0 Å². The van der Waals surface area contributed by atoms with Crippen LogP contribution in [0.4, 0.5) is 5.82 Å².